The van der Waals surface area contributed by atoms with Gasteiger partial charge in [0.15, 0.2) is 0 Å². The van der Waals surface area contributed by atoms with Gasteiger partial charge in [-0.3, -0.25) is 0 Å². The molecule has 0 aliphatic heterocycles. The zero-order chi connectivity index (χ0) is 0. The van der Waals surface area contributed by atoms with Crippen molar-refractivity contribution in [3.05, 3.63) is 0 Å². The van der Waals surface area contributed by atoms with Gasteiger partial charge in [-0.15, -0.1) is 0 Å². The minimum Gasteiger partial charge on any atom is 0 e. The van der Waals surface area contributed by atoms with Crippen LogP contribution in [0.3, 0.4) is 0 Å². The molecule has 0 aromatic rings. The fourth-order valence-electron chi connectivity index (χ4n) is 0. The van der Waals surface area contributed by atoms with Gasteiger partial charge >= 0.3 is 0 Å². The quantitative estimate of drug-likeness (QED) is 0.430. The first-order valence-electron chi connectivity index (χ1n) is 0. The van der Waals surface area contributed by atoms with Gasteiger partial charge in [-0.05, 0) is 0 Å². The molecule has 0 bridgehead atoms. The first-order valence-corrected chi connectivity index (χ1v) is 0. The van der Waals surface area contributed by atoms with E-state index >= 15 is 0 Å². The van der Waals surface area contributed by atoms with Crippen LogP contribution in [0.4, 0.5) is 0 Å². The molecule has 0 aromatic heterocycles. The Bertz CT molecular complexity index is 11.6. The molecule has 0 aliphatic carbocycles. The zero-order valence-corrected chi connectivity index (χ0v) is 11.3. The van der Waals surface area contributed by atoms with Crippen molar-refractivity contribution in [2.45, 2.75) is 0 Å². The standard InChI is InChI=1S/As.Ge.Se.Si.Te. The van der Waals surface area contributed by atoms with Crippen LogP contribution in [-0.4, -0.2) is 87.3 Å². The summed E-state index contributed by atoms with van der Waals surface area (Å²) in [4.78, 5) is 0. The molecule has 25 valence electrons. The van der Waals surface area contributed by atoms with Crippen molar-refractivity contribution < 1.29 is 0 Å². The average molecular weight is 382 g/mol. The molecule has 0 nitrogen and oxygen atoms in total. The largest absolute Gasteiger partial charge is 0 e. The molecule has 5 heteroatoms. The summed E-state index contributed by atoms with van der Waals surface area (Å²) in [5.74, 6) is 0. The predicted molar refractivity (Wildman–Crippen MR) is 28.8 cm³/mol. The van der Waals surface area contributed by atoms with Crippen molar-refractivity contribution in [1.82, 2.24) is 0 Å². The maximum absolute atomic E-state index is 0. The van der Waals surface area contributed by atoms with Gasteiger partial charge in [0.25, 0.3) is 0 Å². The second-order valence-corrected chi connectivity index (χ2v) is 0. The van der Waals surface area contributed by atoms with Crippen LogP contribution in [0.2, 0.25) is 0 Å². The van der Waals surface area contributed by atoms with Crippen LogP contribution in [0, 0.1) is 0 Å². The number of hydrogen-bond acceptors (Lipinski definition) is 0. The molecule has 0 fully saturated rings. The van der Waals surface area contributed by atoms with E-state index in [0.29, 0.717) is 0 Å². The van der Waals surface area contributed by atoms with Gasteiger partial charge in [0, 0.05) is 87.3 Å². The van der Waals surface area contributed by atoms with E-state index in [1.54, 1.807) is 0 Å². The second-order valence-electron chi connectivity index (χ2n) is 0. The summed E-state index contributed by atoms with van der Waals surface area (Å²) >= 11 is 0. The molecule has 0 rings (SSSR count). The summed E-state index contributed by atoms with van der Waals surface area (Å²) in [5.41, 5.74) is 0. The van der Waals surface area contributed by atoms with E-state index in [4.69, 9.17) is 0 Å². The maximum atomic E-state index is 0. The van der Waals surface area contributed by atoms with Crippen LogP contribution in [0.15, 0.2) is 0 Å². The van der Waals surface area contributed by atoms with Crippen LogP contribution in [0.1, 0.15) is 0 Å². The Morgan fingerprint density at radius 1 is 1.00 bits per heavy atom. The Kier molecular flexibility index (Phi) is 295. The first kappa shape index (κ1) is 48.5. The van der Waals surface area contributed by atoms with Crippen molar-refractivity contribution in [3.8, 4) is 0 Å². The van der Waals surface area contributed by atoms with Crippen LogP contribution < -0.4 is 0 Å². The van der Waals surface area contributed by atoms with Gasteiger partial charge in [0.1, 0.15) is 0 Å². The summed E-state index contributed by atoms with van der Waals surface area (Å²) in [6.45, 7) is 0. The van der Waals surface area contributed by atoms with Crippen LogP contribution in [0.5, 0.6) is 0 Å². The van der Waals surface area contributed by atoms with E-state index < -0.39 is 0 Å². The molecule has 0 aliphatic rings. The van der Waals surface area contributed by atoms with E-state index in [1.807, 2.05) is 0 Å². The Morgan fingerprint density at radius 3 is 1.00 bits per heavy atom. The van der Waals surface area contributed by atoms with Crippen molar-refractivity contribution in [3.63, 3.8) is 0 Å². The summed E-state index contributed by atoms with van der Waals surface area (Å²) in [7, 11) is 0. The Balaban J connectivity index is 0. The van der Waals surface area contributed by atoms with Crippen LogP contribution in [0.25, 0.3) is 0 Å². The average Bonchev–Trinajstić information content (AvgIpc) is 0. The molecule has 0 saturated carbocycles. The van der Waals surface area contributed by atoms with Gasteiger partial charge in [0.05, 0.1) is 0 Å². The Hall–Kier alpha value is 2.63. The molecule has 0 N–H and O–H groups in total. The Labute approximate surface area is 86.1 Å². The SMILES string of the molecule is [As].[Ge].[Se].[Si].[Te]. The molecule has 0 spiro atoms. The molecule has 0 aromatic carbocycles. The van der Waals surface area contributed by atoms with Crippen LogP contribution >= 0.6 is 0 Å². The molecule has 0 atom stereocenters. The molecule has 0 unspecified atom stereocenters. The maximum Gasteiger partial charge on any atom is 0 e. The zero-order valence-electron chi connectivity index (χ0n) is 2.26. The van der Waals surface area contributed by atoms with Gasteiger partial charge in [-0.1, -0.05) is 0 Å². The van der Waals surface area contributed by atoms with Gasteiger partial charge in [-0.25, -0.2) is 0 Å². The topological polar surface area (TPSA) is 0 Å². The monoisotopic (exact) mass is 387 g/mol. The van der Waals surface area contributed by atoms with E-state index in [-0.39, 0.29) is 87.3 Å². The molecule has 0 heterocycles. The normalized spacial score (nSPS) is 0. The minimum atomic E-state index is 0. The van der Waals surface area contributed by atoms with Gasteiger partial charge in [0.2, 0.25) is 0 Å². The third kappa shape index (κ3) is 20.6. The van der Waals surface area contributed by atoms with Crippen molar-refractivity contribution in [2.24, 2.45) is 0 Å². The number of rotatable bonds is 0. The van der Waals surface area contributed by atoms with Gasteiger partial charge in [-0.2, -0.15) is 0 Å². The minimum absolute atomic E-state index is 0. The van der Waals surface area contributed by atoms with E-state index in [0.717, 1.165) is 0 Å². The molecule has 5 heavy (non-hydrogen) atoms. The predicted octanol–water partition coefficient (Wildman–Crippen LogP) is -1.90. The van der Waals surface area contributed by atoms with Crippen molar-refractivity contribution in [2.75, 3.05) is 0 Å². The third-order valence-corrected chi connectivity index (χ3v) is 0. The van der Waals surface area contributed by atoms with Crippen LogP contribution in [-0.2, 0) is 0 Å². The van der Waals surface area contributed by atoms with E-state index in [1.165, 1.54) is 0 Å². The fourth-order valence-corrected chi connectivity index (χ4v) is 0. The molecule has 15 radical (unpaired) electrons. The molecule has 0 saturated heterocycles. The van der Waals surface area contributed by atoms with Crippen molar-refractivity contribution >= 4 is 87.3 Å². The van der Waals surface area contributed by atoms with Crippen molar-refractivity contribution in [1.29, 1.82) is 0 Å². The van der Waals surface area contributed by atoms with Gasteiger partial charge < -0.3 is 0 Å². The van der Waals surface area contributed by atoms with E-state index in [9.17, 15) is 0 Å². The molecule has 0 amide bonds. The third-order valence-electron chi connectivity index (χ3n) is 0. The summed E-state index contributed by atoms with van der Waals surface area (Å²) in [6, 6.07) is 0. The second kappa shape index (κ2) is 30.4. The smallest absolute Gasteiger partial charge is 0 e. The van der Waals surface area contributed by atoms with E-state index in [2.05, 4.69) is 0 Å². The first-order chi connectivity index (χ1) is 0. The summed E-state index contributed by atoms with van der Waals surface area (Å²) < 4.78 is 0. The summed E-state index contributed by atoms with van der Waals surface area (Å²) in [6.07, 6.45) is 0. The summed E-state index contributed by atoms with van der Waals surface area (Å²) in [5, 5.41) is 0. The number of hydrogen-bond donors (Lipinski definition) is 0. The Morgan fingerprint density at radius 2 is 1.00 bits per heavy atom. The molecular formula is AsGeSeSiTe. The molecular weight excluding hydrogens is 382 g/mol. The fraction of sp³-hybridized carbons (Fsp3) is 0.